The predicted octanol–water partition coefficient (Wildman–Crippen LogP) is 2.91. The first-order valence-electron chi connectivity index (χ1n) is 4.99. The second kappa shape index (κ2) is 4.31. The molecule has 3 aromatic heterocycles. The van der Waals surface area contributed by atoms with Gasteiger partial charge in [0.05, 0.1) is 5.39 Å². The molecule has 0 fully saturated rings. The van der Waals surface area contributed by atoms with Crippen LogP contribution in [0.4, 0.5) is 5.95 Å². The highest BCUT2D eigenvalue weighted by atomic mass is 32.1. The monoisotopic (exact) mass is 263 g/mol. The number of anilines is 1. The fourth-order valence-corrected chi connectivity index (χ4v) is 2.87. The van der Waals surface area contributed by atoms with Gasteiger partial charge in [-0.2, -0.15) is 4.98 Å². The molecule has 0 radical (unpaired) electrons. The van der Waals surface area contributed by atoms with E-state index < -0.39 is 0 Å². The lowest BCUT2D eigenvalue weighted by Crippen LogP contribution is -2.00. The molecule has 0 saturated heterocycles. The van der Waals surface area contributed by atoms with Crippen LogP contribution in [0.25, 0.3) is 10.2 Å². The smallest absolute Gasteiger partial charge is 0.227 e. The van der Waals surface area contributed by atoms with Gasteiger partial charge in [-0.15, -0.1) is 22.7 Å². The molecule has 0 unspecified atom stereocenters. The average Bonchev–Trinajstić information content (AvgIpc) is 2.95. The standard InChI is InChI=1S/C11H9N3OS2/c12-11-13-9(8-3-5-17-10(8)14-11)15-6-7-2-1-4-16-7/h1-5H,6H2,(H2,12,13,14). The molecule has 0 aliphatic rings. The zero-order valence-corrected chi connectivity index (χ0v) is 10.4. The van der Waals surface area contributed by atoms with Crippen molar-refractivity contribution in [2.45, 2.75) is 6.61 Å². The van der Waals surface area contributed by atoms with E-state index >= 15 is 0 Å². The van der Waals surface area contributed by atoms with Gasteiger partial charge in [0.1, 0.15) is 11.4 Å². The van der Waals surface area contributed by atoms with Crippen LogP contribution in [-0.2, 0) is 6.61 Å². The number of nitrogens with zero attached hydrogens (tertiary/aromatic N) is 2. The summed E-state index contributed by atoms with van der Waals surface area (Å²) in [4.78, 5) is 10.3. The maximum Gasteiger partial charge on any atom is 0.227 e. The van der Waals surface area contributed by atoms with E-state index in [9.17, 15) is 0 Å². The first-order chi connectivity index (χ1) is 8.33. The maximum absolute atomic E-state index is 5.69. The van der Waals surface area contributed by atoms with Gasteiger partial charge in [-0.1, -0.05) is 6.07 Å². The average molecular weight is 263 g/mol. The summed E-state index contributed by atoms with van der Waals surface area (Å²) in [6, 6.07) is 5.97. The Morgan fingerprint density at radius 2 is 2.12 bits per heavy atom. The van der Waals surface area contributed by atoms with Crippen molar-refractivity contribution in [1.29, 1.82) is 0 Å². The van der Waals surface area contributed by atoms with Gasteiger partial charge in [-0.05, 0) is 22.9 Å². The van der Waals surface area contributed by atoms with Crippen molar-refractivity contribution in [1.82, 2.24) is 9.97 Å². The molecule has 3 heterocycles. The lowest BCUT2D eigenvalue weighted by Gasteiger charge is -2.05. The molecule has 0 aliphatic carbocycles. The van der Waals surface area contributed by atoms with Crippen LogP contribution in [-0.4, -0.2) is 9.97 Å². The first kappa shape index (κ1) is 10.5. The van der Waals surface area contributed by atoms with Crippen LogP contribution in [0.2, 0.25) is 0 Å². The molecule has 6 heteroatoms. The zero-order valence-electron chi connectivity index (χ0n) is 8.79. The number of hydrogen-bond donors (Lipinski definition) is 1. The Bertz CT molecular complexity index is 633. The van der Waals surface area contributed by atoms with E-state index in [2.05, 4.69) is 9.97 Å². The number of rotatable bonds is 3. The molecule has 0 bridgehead atoms. The third-order valence-corrected chi connectivity index (χ3v) is 3.90. The molecule has 0 spiro atoms. The van der Waals surface area contributed by atoms with Gasteiger partial charge in [-0.25, -0.2) is 4.98 Å². The molecular formula is C11H9N3OS2. The van der Waals surface area contributed by atoms with E-state index in [1.54, 1.807) is 11.3 Å². The summed E-state index contributed by atoms with van der Waals surface area (Å²) < 4.78 is 5.69. The molecule has 0 aromatic carbocycles. The summed E-state index contributed by atoms with van der Waals surface area (Å²) in [6.07, 6.45) is 0. The molecule has 0 saturated carbocycles. The molecule has 2 N–H and O–H groups in total. The molecule has 3 rings (SSSR count). The summed E-state index contributed by atoms with van der Waals surface area (Å²) in [5.74, 6) is 0.809. The Morgan fingerprint density at radius 1 is 1.18 bits per heavy atom. The molecule has 17 heavy (non-hydrogen) atoms. The Morgan fingerprint density at radius 3 is 2.94 bits per heavy atom. The lowest BCUT2D eigenvalue weighted by molar-refractivity contribution is 0.302. The van der Waals surface area contributed by atoms with E-state index in [4.69, 9.17) is 10.5 Å². The van der Waals surface area contributed by atoms with Crippen molar-refractivity contribution in [3.8, 4) is 5.88 Å². The van der Waals surface area contributed by atoms with Crippen molar-refractivity contribution in [2.24, 2.45) is 0 Å². The number of nitrogen functional groups attached to an aromatic ring is 1. The van der Waals surface area contributed by atoms with Crippen molar-refractivity contribution >= 4 is 38.8 Å². The minimum absolute atomic E-state index is 0.251. The molecular weight excluding hydrogens is 254 g/mol. The molecule has 3 aromatic rings. The Hall–Kier alpha value is -1.66. The molecule has 0 aliphatic heterocycles. The summed E-state index contributed by atoms with van der Waals surface area (Å²) in [5.41, 5.74) is 5.64. The second-order valence-corrected chi connectivity index (χ2v) is 5.32. The fraction of sp³-hybridized carbons (Fsp3) is 0.0909. The summed E-state index contributed by atoms with van der Waals surface area (Å²) in [5, 5.41) is 4.89. The number of thiophene rings is 2. The van der Waals surface area contributed by atoms with Gasteiger partial charge in [-0.3, -0.25) is 0 Å². The van der Waals surface area contributed by atoms with E-state index in [0.717, 1.165) is 15.1 Å². The van der Waals surface area contributed by atoms with Gasteiger partial charge in [0, 0.05) is 4.88 Å². The number of nitrogens with two attached hydrogens (primary N) is 1. The fourth-order valence-electron chi connectivity index (χ4n) is 1.49. The van der Waals surface area contributed by atoms with Crippen LogP contribution < -0.4 is 10.5 Å². The second-order valence-electron chi connectivity index (χ2n) is 3.39. The zero-order chi connectivity index (χ0) is 11.7. The van der Waals surface area contributed by atoms with Crippen LogP contribution in [0.15, 0.2) is 29.0 Å². The molecule has 0 atom stereocenters. The third-order valence-electron chi connectivity index (χ3n) is 2.24. The number of ether oxygens (including phenoxy) is 1. The Kier molecular flexibility index (Phi) is 2.66. The highest BCUT2D eigenvalue weighted by Gasteiger charge is 2.08. The number of aromatic nitrogens is 2. The SMILES string of the molecule is Nc1nc(OCc2cccs2)c2ccsc2n1. The van der Waals surface area contributed by atoms with Gasteiger partial charge in [0.2, 0.25) is 11.8 Å². The predicted molar refractivity (Wildman–Crippen MR) is 70.5 cm³/mol. The number of hydrogen-bond acceptors (Lipinski definition) is 6. The Balaban J connectivity index is 1.91. The summed E-state index contributed by atoms with van der Waals surface area (Å²) in [6.45, 7) is 0.513. The number of fused-ring (bicyclic) bond motifs is 1. The van der Waals surface area contributed by atoms with Gasteiger partial charge < -0.3 is 10.5 Å². The molecule has 4 nitrogen and oxygen atoms in total. The van der Waals surface area contributed by atoms with Gasteiger partial charge in [0.15, 0.2) is 0 Å². The normalized spacial score (nSPS) is 10.8. The van der Waals surface area contributed by atoms with E-state index in [1.807, 2.05) is 29.0 Å². The van der Waals surface area contributed by atoms with E-state index in [0.29, 0.717) is 12.5 Å². The minimum atomic E-state index is 0.251. The molecule has 0 amide bonds. The lowest BCUT2D eigenvalue weighted by atomic mass is 10.4. The van der Waals surface area contributed by atoms with Crippen molar-refractivity contribution < 1.29 is 4.74 Å². The van der Waals surface area contributed by atoms with Crippen LogP contribution in [0.3, 0.4) is 0 Å². The van der Waals surface area contributed by atoms with Crippen molar-refractivity contribution in [2.75, 3.05) is 5.73 Å². The summed E-state index contributed by atoms with van der Waals surface area (Å²) in [7, 11) is 0. The van der Waals surface area contributed by atoms with Crippen LogP contribution in [0.1, 0.15) is 4.88 Å². The topological polar surface area (TPSA) is 61.0 Å². The first-order valence-corrected chi connectivity index (χ1v) is 6.75. The van der Waals surface area contributed by atoms with Gasteiger partial charge >= 0.3 is 0 Å². The van der Waals surface area contributed by atoms with Crippen molar-refractivity contribution in [3.63, 3.8) is 0 Å². The quantitative estimate of drug-likeness (QED) is 0.789. The highest BCUT2D eigenvalue weighted by Crippen LogP contribution is 2.28. The maximum atomic E-state index is 5.69. The largest absolute Gasteiger partial charge is 0.471 e. The van der Waals surface area contributed by atoms with E-state index in [-0.39, 0.29) is 5.95 Å². The summed E-state index contributed by atoms with van der Waals surface area (Å²) >= 11 is 3.19. The minimum Gasteiger partial charge on any atom is -0.471 e. The van der Waals surface area contributed by atoms with Crippen LogP contribution in [0.5, 0.6) is 5.88 Å². The molecule has 86 valence electrons. The van der Waals surface area contributed by atoms with Gasteiger partial charge in [0.25, 0.3) is 0 Å². The Labute approximate surface area is 106 Å². The van der Waals surface area contributed by atoms with Crippen LogP contribution >= 0.6 is 22.7 Å². The third kappa shape index (κ3) is 2.09. The van der Waals surface area contributed by atoms with Crippen LogP contribution in [0, 0.1) is 0 Å². The van der Waals surface area contributed by atoms with E-state index in [1.165, 1.54) is 11.3 Å². The van der Waals surface area contributed by atoms with Crippen molar-refractivity contribution in [3.05, 3.63) is 33.8 Å². The highest BCUT2D eigenvalue weighted by molar-refractivity contribution is 7.16.